The second-order valence-electron chi connectivity index (χ2n) is 6.03. The first-order valence-corrected chi connectivity index (χ1v) is 9.96. The second kappa shape index (κ2) is 8.86. The molecule has 0 spiro atoms. The lowest BCUT2D eigenvalue weighted by Gasteiger charge is -2.34. The molecule has 2 amide bonds. The highest BCUT2D eigenvalue weighted by molar-refractivity contribution is 7.12. The van der Waals surface area contributed by atoms with Gasteiger partial charge in [-0.2, -0.15) is 0 Å². The number of hydrogen-bond acceptors (Lipinski definition) is 4. The lowest BCUT2D eigenvalue weighted by atomic mass is 10.2. The van der Waals surface area contributed by atoms with E-state index in [1.54, 1.807) is 18.2 Å². The first-order valence-electron chi connectivity index (χ1n) is 8.33. The van der Waals surface area contributed by atoms with Crippen LogP contribution >= 0.6 is 34.5 Å². The fourth-order valence-corrected chi connectivity index (χ4v) is 3.82. The van der Waals surface area contributed by atoms with Crippen LogP contribution in [0.1, 0.15) is 16.1 Å². The molecule has 1 fully saturated rings. The largest absolute Gasteiger partial charge is 0.335 e. The molecule has 0 radical (unpaired) electrons. The van der Waals surface area contributed by atoms with Crippen LogP contribution in [0.4, 0.5) is 5.69 Å². The number of halogens is 2. The second-order valence-corrected chi connectivity index (χ2v) is 7.82. The van der Waals surface area contributed by atoms with Gasteiger partial charge in [0.1, 0.15) is 0 Å². The maximum atomic E-state index is 12.3. The van der Waals surface area contributed by atoms with E-state index in [0.717, 1.165) is 18.0 Å². The minimum absolute atomic E-state index is 0.0907. The van der Waals surface area contributed by atoms with E-state index in [1.807, 2.05) is 22.4 Å². The van der Waals surface area contributed by atoms with Crippen LogP contribution in [0.5, 0.6) is 0 Å². The number of amides is 2. The Morgan fingerprint density at radius 2 is 1.88 bits per heavy atom. The van der Waals surface area contributed by atoms with Crippen molar-refractivity contribution < 1.29 is 9.59 Å². The zero-order valence-electron chi connectivity index (χ0n) is 14.1. The van der Waals surface area contributed by atoms with Crippen LogP contribution in [-0.2, 0) is 4.79 Å². The lowest BCUT2D eigenvalue weighted by molar-refractivity contribution is -0.116. The molecule has 1 aliphatic heterocycles. The Kier molecular flexibility index (Phi) is 6.53. The zero-order chi connectivity index (χ0) is 18.5. The molecule has 1 N–H and O–H groups in total. The summed E-state index contributed by atoms with van der Waals surface area (Å²) < 4.78 is 0. The number of nitrogens with zero attached hydrogens (tertiary/aromatic N) is 2. The van der Waals surface area contributed by atoms with Crippen molar-refractivity contribution in [3.05, 3.63) is 50.6 Å². The number of carbonyl (C=O) groups excluding carboxylic acids is 2. The summed E-state index contributed by atoms with van der Waals surface area (Å²) in [6, 6.07) is 8.71. The van der Waals surface area contributed by atoms with Gasteiger partial charge >= 0.3 is 0 Å². The Hall–Kier alpha value is -1.60. The van der Waals surface area contributed by atoms with Gasteiger partial charge < -0.3 is 10.2 Å². The molecule has 1 aromatic heterocycles. The summed E-state index contributed by atoms with van der Waals surface area (Å²) in [7, 11) is 0. The van der Waals surface area contributed by atoms with Crippen molar-refractivity contribution in [3.63, 3.8) is 0 Å². The van der Waals surface area contributed by atoms with Crippen LogP contribution in [0.15, 0.2) is 35.7 Å². The summed E-state index contributed by atoms with van der Waals surface area (Å²) in [4.78, 5) is 29.3. The van der Waals surface area contributed by atoms with Gasteiger partial charge in [-0.3, -0.25) is 14.5 Å². The van der Waals surface area contributed by atoms with Crippen molar-refractivity contribution >= 4 is 52.0 Å². The van der Waals surface area contributed by atoms with E-state index in [1.165, 1.54) is 11.3 Å². The number of benzene rings is 1. The average molecular weight is 412 g/mol. The van der Waals surface area contributed by atoms with E-state index < -0.39 is 0 Å². The van der Waals surface area contributed by atoms with E-state index in [2.05, 4.69) is 10.2 Å². The van der Waals surface area contributed by atoms with Gasteiger partial charge in [-0.25, -0.2) is 0 Å². The molecule has 8 heteroatoms. The van der Waals surface area contributed by atoms with Crippen LogP contribution in [0.3, 0.4) is 0 Å². The molecule has 26 heavy (non-hydrogen) atoms. The van der Waals surface area contributed by atoms with Crippen LogP contribution in [0.2, 0.25) is 10.0 Å². The molecule has 3 rings (SSSR count). The number of hydrogen-bond donors (Lipinski definition) is 1. The Morgan fingerprint density at radius 3 is 2.58 bits per heavy atom. The quantitative estimate of drug-likeness (QED) is 0.812. The molecule has 1 aromatic carbocycles. The molecule has 2 heterocycles. The summed E-state index contributed by atoms with van der Waals surface area (Å²) in [5.41, 5.74) is 0.524. The van der Waals surface area contributed by atoms with Gasteiger partial charge in [0.15, 0.2) is 0 Å². The minimum Gasteiger partial charge on any atom is -0.335 e. The standard InChI is InChI=1S/C18H19Cl2N3O2S/c19-13-3-4-14(20)15(12-13)21-17(24)5-6-22-7-9-23(10-8-22)18(25)16-2-1-11-26-16/h1-4,11-12H,5-10H2,(H,21,24). The first kappa shape index (κ1) is 19.2. The van der Waals surface area contributed by atoms with Crippen molar-refractivity contribution in [1.29, 1.82) is 0 Å². The first-order chi connectivity index (χ1) is 12.5. The van der Waals surface area contributed by atoms with Crippen molar-refractivity contribution in [3.8, 4) is 0 Å². The van der Waals surface area contributed by atoms with Crippen molar-refractivity contribution in [2.24, 2.45) is 0 Å². The van der Waals surface area contributed by atoms with E-state index >= 15 is 0 Å². The van der Waals surface area contributed by atoms with Crippen LogP contribution < -0.4 is 5.32 Å². The molecular weight excluding hydrogens is 393 g/mol. The fourth-order valence-electron chi connectivity index (χ4n) is 2.80. The number of piperazine rings is 1. The Bertz CT molecular complexity index is 775. The van der Waals surface area contributed by atoms with Crippen LogP contribution in [-0.4, -0.2) is 54.3 Å². The van der Waals surface area contributed by atoms with Crippen LogP contribution in [0.25, 0.3) is 0 Å². The topological polar surface area (TPSA) is 52.7 Å². The van der Waals surface area contributed by atoms with Gasteiger partial charge in [-0.15, -0.1) is 11.3 Å². The molecule has 0 aliphatic carbocycles. The van der Waals surface area contributed by atoms with Crippen molar-refractivity contribution in [1.82, 2.24) is 9.80 Å². The lowest BCUT2D eigenvalue weighted by Crippen LogP contribution is -2.49. The van der Waals surface area contributed by atoms with Gasteiger partial charge in [0.05, 0.1) is 15.6 Å². The summed E-state index contributed by atoms with van der Waals surface area (Å²) in [5.74, 6) is -0.0146. The number of anilines is 1. The van der Waals surface area contributed by atoms with E-state index in [9.17, 15) is 9.59 Å². The molecule has 0 unspecified atom stereocenters. The molecule has 0 bridgehead atoms. The van der Waals surface area contributed by atoms with Crippen molar-refractivity contribution in [2.75, 3.05) is 38.0 Å². The van der Waals surface area contributed by atoms with E-state index in [0.29, 0.717) is 41.8 Å². The highest BCUT2D eigenvalue weighted by Crippen LogP contribution is 2.25. The number of thiophene rings is 1. The van der Waals surface area contributed by atoms with Gasteiger partial charge in [-0.05, 0) is 29.6 Å². The Balaban J connectivity index is 1.43. The van der Waals surface area contributed by atoms with Gasteiger partial charge in [0, 0.05) is 44.2 Å². The molecule has 0 atom stereocenters. The molecular formula is C18H19Cl2N3O2S. The summed E-state index contributed by atoms with van der Waals surface area (Å²) in [5, 5.41) is 5.69. The van der Waals surface area contributed by atoms with Crippen LogP contribution in [0, 0.1) is 0 Å². The third kappa shape index (κ3) is 4.98. The fraction of sp³-hybridized carbons (Fsp3) is 0.333. The predicted octanol–water partition coefficient (Wildman–Crippen LogP) is 3.84. The third-order valence-corrected chi connectivity index (χ3v) is 5.67. The van der Waals surface area contributed by atoms with E-state index in [-0.39, 0.29) is 11.8 Å². The molecule has 0 saturated carbocycles. The van der Waals surface area contributed by atoms with Crippen molar-refractivity contribution in [2.45, 2.75) is 6.42 Å². The number of carbonyl (C=O) groups is 2. The predicted molar refractivity (Wildman–Crippen MR) is 106 cm³/mol. The Morgan fingerprint density at radius 1 is 1.12 bits per heavy atom. The average Bonchev–Trinajstić information content (AvgIpc) is 3.17. The maximum absolute atomic E-state index is 12.3. The monoisotopic (exact) mass is 411 g/mol. The minimum atomic E-state index is -0.105. The highest BCUT2D eigenvalue weighted by Gasteiger charge is 2.22. The molecule has 138 valence electrons. The zero-order valence-corrected chi connectivity index (χ0v) is 16.4. The highest BCUT2D eigenvalue weighted by atomic mass is 35.5. The third-order valence-electron chi connectivity index (χ3n) is 4.25. The molecule has 5 nitrogen and oxygen atoms in total. The maximum Gasteiger partial charge on any atom is 0.264 e. The summed E-state index contributed by atoms with van der Waals surface area (Å²) >= 11 is 13.4. The summed E-state index contributed by atoms with van der Waals surface area (Å²) in [6.07, 6.45) is 0.363. The molecule has 2 aromatic rings. The number of nitrogens with one attached hydrogen (secondary N) is 1. The normalized spacial score (nSPS) is 15.1. The summed E-state index contributed by atoms with van der Waals surface area (Å²) in [6.45, 7) is 3.53. The number of rotatable bonds is 5. The Labute approximate surface area is 166 Å². The van der Waals surface area contributed by atoms with E-state index in [4.69, 9.17) is 23.2 Å². The van der Waals surface area contributed by atoms with Gasteiger partial charge in [0.25, 0.3) is 5.91 Å². The van der Waals surface area contributed by atoms with Gasteiger partial charge in [0.2, 0.25) is 5.91 Å². The van der Waals surface area contributed by atoms with Gasteiger partial charge in [-0.1, -0.05) is 29.3 Å². The molecule has 1 saturated heterocycles. The smallest absolute Gasteiger partial charge is 0.264 e. The molecule has 1 aliphatic rings. The SMILES string of the molecule is O=C(CCN1CCN(C(=O)c2cccs2)CC1)Nc1cc(Cl)ccc1Cl.